The third-order valence-corrected chi connectivity index (χ3v) is 3.89. The number of benzene rings is 1. The van der Waals surface area contributed by atoms with Gasteiger partial charge in [-0.05, 0) is 31.0 Å². The van der Waals surface area contributed by atoms with Crippen molar-refractivity contribution in [2.24, 2.45) is 0 Å². The van der Waals surface area contributed by atoms with Crippen LogP contribution in [0.25, 0.3) is 0 Å². The molecule has 1 aromatic carbocycles. The van der Waals surface area contributed by atoms with E-state index < -0.39 is 0 Å². The van der Waals surface area contributed by atoms with Crippen molar-refractivity contribution in [3.8, 4) is 5.75 Å². The lowest BCUT2D eigenvalue weighted by Gasteiger charge is -2.07. The third-order valence-electron chi connectivity index (χ3n) is 2.85. The summed E-state index contributed by atoms with van der Waals surface area (Å²) in [6.45, 7) is 5.13. The summed E-state index contributed by atoms with van der Waals surface area (Å²) in [7, 11) is 1.69. The molecule has 0 amide bonds. The molecule has 0 bridgehead atoms. The van der Waals surface area contributed by atoms with Crippen molar-refractivity contribution >= 4 is 11.8 Å². The molecule has 0 aliphatic rings. The maximum Gasteiger partial charge on any atom is 0.191 e. The van der Waals surface area contributed by atoms with Crippen molar-refractivity contribution < 1.29 is 4.74 Å². The quantitative estimate of drug-likeness (QED) is 0.760. The van der Waals surface area contributed by atoms with Crippen LogP contribution in [0.15, 0.2) is 29.4 Å². The van der Waals surface area contributed by atoms with Crippen LogP contribution in [0.4, 0.5) is 0 Å². The summed E-state index contributed by atoms with van der Waals surface area (Å²) < 4.78 is 7.40. The van der Waals surface area contributed by atoms with Gasteiger partial charge in [-0.15, -0.1) is 10.2 Å². The summed E-state index contributed by atoms with van der Waals surface area (Å²) in [6, 6.07) is 8.12. The number of nitrogens with zero attached hydrogens (tertiary/aromatic N) is 3. The van der Waals surface area contributed by atoms with Crippen LogP contribution in [0, 0.1) is 6.92 Å². The summed E-state index contributed by atoms with van der Waals surface area (Å²) in [5.74, 6) is 2.75. The molecule has 1 heterocycles. The van der Waals surface area contributed by atoms with E-state index in [1.165, 1.54) is 5.56 Å². The minimum absolute atomic E-state index is 0.874. The van der Waals surface area contributed by atoms with E-state index in [0.717, 1.165) is 35.4 Å². The Morgan fingerprint density at radius 1 is 1.32 bits per heavy atom. The molecule has 4 nitrogen and oxygen atoms in total. The Labute approximate surface area is 118 Å². The molecule has 2 rings (SSSR count). The second-order valence-electron chi connectivity index (χ2n) is 4.32. The van der Waals surface area contributed by atoms with Gasteiger partial charge in [0.25, 0.3) is 0 Å². The molecule has 0 spiro atoms. The molecule has 0 unspecified atom stereocenters. The maximum absolute atomic E-state index is 5.23. The zero-order chi connectivity index (χ0) is 13.7. The van der Waals surface area contributed by atoms with Crippen LogP contribution >= 0.6 is 11.8 Å². The van der Waals surface area contributed by atoms with Crippen LogP contribution in [0.3, 0.4) is 0 Å². The number of hydrogen-bond donors (Lipinski definition) is 0. The predicted octanol–water partition coefficient (Wildman–Crippen LogP) is 3.30. The smallest absolute Gasteiger partial charge is 0.191 e. The second-order valence-corrected chi connectivity index (χ2v) is 5.26. The van der Waals surface area contributed by atoms with Crippen molar-refractivity contribution in [3.05, 3.63) is 35.7 Å². The van der Waals surface area contributed by atoms with Crippen LogP contribution in [-0.2, 0) is 12.3 Å². The summed E-state index contributed by atoms with van der Waals surface area (Å²) in [6.07, 6.45) is 1.09. The first-order valence-electron chi connectivity index (χ1n) is 6.40. The molecule has 0 N–H and O–H groups in total. The molecule has 1 aromatic heterocycles. The van der Waals surface area contributed by atoms with Crippen LogP contribution in [0.5, 0.6) is 5.75 Å². The summed E-state index contributed by atoms with van der Waals surface area (Å²) >= 11 is 1.71. The molecular weight excluding hydrogens is 258 g/mol. The molecule has 2 aromatic rings. The SMILES string of the molecule is CCCn1c(C)nnc1SCc1cccc(OC)c1. The Hall–Kier alpha value is -1.49. The monoisotopic (exact) mass is 277 g/mol. The number of methoxy groups -OCH3 is 1. The summed E-state index contributed by atoms with van der Waals surface area (Å²) in [5.41, 5.74) is 1.23. The highest BCUT2D eigenvalue weighted by molar-refractivity contribution is 7.98. The number of thioether (sulfide) groups is 1. The number of aryl methyl sites for hydroxylation is 1. The lowest BCUT2D eigenvalue weighted by atomic mass is 10.2. The standard InChI is InChI=1S/C14H19N3OS/c1-4-8-17-11(2)15-16-14(17)19-10-12-6-5-7-13(9-12)18-3/h5-7,9H,4,8,10H2,1-3H3. The molecule has 102 valence electrons. The first-order valence-corrected chi connectivity index (χ1v) is 7.38. The Balaban J connectivity index is 2.05. The van der Waals surface area contributed by atoms with Gasteiger partial charge in [0.2, 0.25) is 0 Å². The molecule has 0 aliphatic carbocycles. The highest BCUT2D eigenvalue weighted by Gasteiger charge is 2.08. The van der Waals surface area contributed by atoms with Gasteiger partial charge in [-0.3, -0.25) is 0 Å². The molecular formula is C14H19N3OS. The molecule has 5 heteroatoms. The third kappa shape index (κ3) is 3.50. The first kappa shape index (κ1) is 13.9. The van der Waals surface area contributed by atoms with Crippen LogP contribution < -0.4 is 4.74 Å². The van der Waals surface area contributed by atoms with E-state index in [2.05, 4.69) is 33.8 Å². The number of ether oxygens (including phenoxy) is 1. The lowest BCUT2D eigenvalue weighted by Crippen LogP contribution is -2.01. The van der Waals surface area contributed by atoms with E-state index in [1.54, 1.807) is 18.9 Å². The van der Waals surface area contributed by atoms with Crippen molar-refractivity contribution in [1.29, 1.82) is 0 Å². The van der Waals surface area contributed by atoms with E-state index in [-0.39, 0.29) is 0 Å². The van der Waals surface area contributed by atoms with Gasteiger partial charge in [0.15, 0.2) is 5.16 Å². The Morgan fingerprint density at radius 3 is 2.89 bits per heavy atom. The zero-order valence-electron chi connectivity index (χ0n) is 11.6. The number of aromatic nitrogens is 3. The Kier molecular flexibility index (Phi) is 4.85. The van der Waals surface area contributed by atoms with Crippen molar-refractivity contribution in [1.82, 2.24) is 14.8 Å². The van der Waals surface area contributed by atoms with Crippen molar-refractivity contribution in [2.75, 3.05) is 7.11 Å². The lowest BCUT2D eigenvalue weighted by molar-refractivity contribution is 0.414. The van der Waals surface area contributed by atoms with Crippen LogP contribution in [-0.4, -0.2) is 21.9 Å². The number of rotatable bonds is 6. The molecule has 0 saturated heterocycles. The van der Waals surface area contributed by atoms with E-state index in [0.29, 0.717) is 0 Å². The van der Waals surface area contributed by atoms with Gasteiger partial charge in [-0.25, -0.2) is 0 Å². The fourth-order valence-corrected chi connectivity index (χ4v) is 2.81. The maximum atomic E-state index is 5.23. The topological polar surface area (TPSA) is 39.9 Å². The highest BCUT2D eigenvalue weighted by atomic mass is 32.2. The number of hydrogen-bond acceptors (Lipinski definition) is 4. The van der Waals surface area contributed by atoms with E-state index >= 15 is 0 Å². The normalized spacial score (nSPS) is 10.7. The van der Waals surface area contributed by atoms with Gasteiger partial charge in [0.05, 0.1) is 7.11 Å². The highest BCUT2D eigenvalue weighted by Crippen LogP contribution is 2.24. The van der Waals surface area contributed by atoms with Gasteiger partial charge < -0.3 is 9.30 Å². The minimum atomic E-state index is 0.874. The van der Waals surface area contributed by atoms with Crippen LogP contribution in [0.2, 0.25) is 0 Å². The molecule has 0 saturated carbocycles. The first-order chi connectivity index (χ1) is 9.24. The summed E-state index contributed by atoms with van der Waals surface area (Å²) in [5, 5.41) is 9.37. The molecule has 0 aliphatic heterocycles. The van der Waals surface area contributed by atoms with Gasteiger partial charge in [-0.1, -0.05) is 30.8 Å². The van der Waals surface area contributed by atoms with Crippen LogP contribution in [0.1, 0.15) is 24.7 Å². The van der Waals surface area contributed by atoms with Gasteiger partial charge >= 0.3 is 0 Å². The van der Waals surface area contributed by atoms with Gasteiger partial charge in [0, 0.05) is 12.3 Å². The Bertz CT molecular complexity index is 539. The molecule has 0 radical (unpaired) electrons. The molecule has 0 fully saturated rings. The van der Waals surface area contributed by atoms with Gasteiger partial charge in [-0.2, -0.15) is 0 Å². The fraction of sp³-hybridized carbons (Fsp3) is 0.429. The second kappa shape index (κ2) is 6.61. The predicted molar refractivity (Wildman–Crippen MR) is 77.6 cm³/mol. The van der Waals surface area contributed by atoms with Gasteiger partial charge in [0.1, 0.15) is 11.6 Å². The minimum Gasteiger partial charge on any atom is -0.497 e. The Morgan fingerprint density at radius 2 is 2.16 bits per heavy atom. The molecule has 19 heavy (non-hydrogen) atoms. The van der Waals surface area contributed by atoms with E-state index in [9.17, 15) is 0 Å². The van der Waals surface area contributed by atoms with E-state index in [4.69, 9.17) is 4.74 Å². The zero-order valence-corrected chi connectivity index (χ0v) is 12.4. The molecule has 0 atom stereocenters. The van der Waals surface area contributed by atoms with Crippen molar-refractivity contribution in [2.45, 2.75) is 37.7 Å². The summed E-state index contributed by atoms with van der Waals surface area (Å²) in [4.78, 5) is 0. The average Bonchev–Trinajstić information content (AvgIpc) is 2.78. The largest absolute Gasteiger partial charge is 0.497 e. The fourth-order valence-electron chi connectivity index (χ4n) is 1.86. The van der Waals surface area contributed by atoms with E-state index in [1.807, 2.05) is 19.1 Å². The van der Waals surface area contributed by atoms with Crippen molar-refractivity contribution in [3.63, 3.8) is 0 Å². The average molecular weight is 277 g/mol.